The Morgan fingerprint density at radius 2 is 2.13 bits per heavy atom. The third kappa shape index (κ3) is 1.15. The normalized spacial score (nSPS) is 32.4. The van der Waals surface area contributed by atoms with Gasteiger partial charge in [0.05, 0.1) is 22.1 Å². The molecule has 15 heavy (non-hydrogen) atoms. The highest BCUT2D eigenvalue weighted by atomic mass is 35.5. The van der Waals surface area contributed by atoms with E-state index in [0.717, 1.165) is 12.0 Å². The Morgan fingerprint density at radius 1 is 1.33 bits per heavy atom. The molecule has 1 saturated heterocycles. The highest BCUT2D eigenvalue weighted by molar-refractivity contribution is 6.42. The molecule has 1 saturated carbocycles. The van der Waals surface area contributed by atoms with Gasteiger partial charge >= 0.3 is 5.97 Å². The zero-order valence-electron chi connectivity index (χ0n) is 7.80. The molecule has 2 aliphatic rings. The topological polar surface area (TPSA) is 26.3 Å². The third-order valence-corrected chi connectivity index (χ3v) is 4.06. The summed E-state index contributed by atoms with van der Waals surface area (Å²) in [6, 6.07) is 5.37. The maximum Gasteiger partial charge on any atom is 0.317 e. The minimum absolute atomic E-state index is 0.120. The molecule has 0 amide bonds. The van der Waals surface area contributed by atoms with Gasteiger partial charge in [-0.3, -0.25) is 4.79 Å². The number of cyclic esters (lactones) is 1. The molecule has 2 nitrogen and oxygen atoms in total. The van der Waals surface area contributed by atoms with Crippen LogP contribution >= 0.6 is 23.2 Å². The molecule has 3 rings (SSSR count). The molecule has 1 aliphatic carbocycles. The molecule has 0 radical (unpaired) electrons. The number of hydrogen-bond acceptors (Lipinski definition) is 2. The van der Waals surface area contributed by atoms with Crippen LogP contribution in [0.15, 0.2) is 18.2 Å². The monoisotopic (exact) mass is 242 g/mol. The first-order valence-electron chi connectivity index (χ1n) is 4.77. The van der Waals surface area contributed by atoms with Gasteiger partial charge in [-0.05, 0) is 24.1 Å². The van der Waals surface area contributed by atoms with Gasteiger partial charge in [0.1, 0.15) is 0 Å². The first-order valence-corrected chi connectivity index (χ1v) is 5.53. The predicted octanol–water partition coefficient (Wildman–Crippen LogP) is 2.81. The van der Waals surface area contributed by atoms with Crippen LogP contribution in [0.2, 0.25) is 10.0 Å². The maximum absolute atomic E-state index is 11.6. The molecule has 0 spiro atoms. The molecule has 78 valence electrons. The van der Waals surface area contributed by atoms with Crippen LogP contribution in [-0.2, 0) is 14.9 Å². The summed E-state index contributed by atoms with van der Waals surface area (Å²) in [5, 5.41) is 1.01. The number of carbonyl (C=O) groups excluding carboxylic acids is 1. The number of halogens is 2. The number of ether oxygens (including phenoxy) is 1. The minimum Gasteiger partial charge on any atom is -0.465 e. The molecule has 2 atom stereocenters. The van der Waals surface area contributed by atoms with Crippen LogP contribution in [0.3, 0.4) is 0 Å². The lowest BCUT2D eigenvalue weighted by atomic mass is 9.95. The van der Waals surface area contributed by atoms with Crippen LogP contribution in [-0.4, -0.2) is 12.6 Å². The van der Waals surface area contributed by atoms with Gasteiger partial charge in [-0.25, -0.2) is 0 Å². The Labute approximate surface area is 97.1 Å². The van der Waals surface area contributed by atoms with Gasteiger partial charge in [0.25, 0.3) is 0 Å². The van der Waals surface area contributed by atoms with Gasteiger partial charge < -0.3 is 4.74 Å². The van der Waals surface area contributed by atoms with Crippen molar-refractivity contribution in [2.75, 3.05) is 6.61 Å². The molecule has 1 aliphatic heterocycles. The van der Waals surface area contributed by atoms with Crippen LogP contribution in [0, 0.1) is 5.92 Å². The lowest BCUT2D eigenvalue weighted by molar-refractivity contribution is -0.142. The Kier molecular flexibility index (Phi) is 1.83. The van der Waals surface area contributed by atoms with Crippen molar-refractivity contribution in [3.63, 3.8) is 0 Å². The lowest BCUT2D eigenvalue weighted by Crippen LogP contribution is -2.18. The van der Waals surface area contributed by atoms with Crippen LogP contribution in [0.5, 0.6) is 0 Å². The van der Waals surface area contributed by atoms with Crippen LogP contribution in [0.4, 0.5) is 0 Å². The Hall–Kier alpha value is -0.730. The van der Waals surface area contributed by atoms with E-state index in [1.807, 2.05) is 6.07 Å². The summed E-state index contributed by atoms with van der Waals surface area (Å²) in [5.41, 5.74) is 0.526. The van der Waals surface area contributed by atoms with Gasteiger partial charge in [-0.15, -0.1) is 0 Å². The Balaban J connectivity index is 2.07. The SMILES string of the molecule is O=C1OCC2C[C@@]12c1ccc(Cl)c(Cl)c1. The molecule has 0 bridgehead atoms. The average molecular weight is 243 g/mol. The van der Waals surface area contributed by atoms with E-state index in [-0.39, 0.29) is 5.97 Å². The van der Waals surface area contributed by atoms with E-state index in [2.05, 4.69) is 0 Å². The number of hydrogen-bond donors (Lipinski definition) is 0. The standard InChI is InChI=1S/C11H8Cl2O2/c12-8-2-1-6(3-9(8)13)11-4-7(11)5-15-10(11)14/h1-3,7H,4-5H2/t7?,11-/m0/s1. The predicted molar refractivity (Wildman–Crippen MR) is 57.2 cm³/mol. The van der Waals surface area contributed by atoms with Crippen molar-refractivity contribution >= 4 is 29.2 Å². The maximum atomic E-state index is 11.6. The highest BCUT2D eigenvalue weighted by Crippen LogP contribution is 2.59. The zero-order valence-corrected chi connectivity index (χ0v) is 9.31. The van der Waals surface area contributed by atoms with Crippen molar-refractivity contribution in [1.29, 1.82) is 0 Å². The fourth-order valence-electron chi connectivity index (χ4n) is 2.33. The van der Waals surface area contributed by atoms with Crippen molar-refractivity contribution in [3.05, 3.63) is 33.8 Å². The van der Waals surface area contributed by atoms with Crippen LogP contribution in [0.1, 0.15) is 12.0 Å². The second kappa shape index (κ2) is 2.89. The summed E-state index contributed by atoms with van der Waals surface area (Å²) in [5.74, 6) is 0.216. The van der Waals surface area contributed by atoms with Crippen LogP contribution in [0.25, 0.3) is 0 Å². The molecule has 1 aromatic carbocycles. The van der Waals surface area contributed by atoms with Gasteiger partial charge in [-0.2, -0.15) is 0 Å². The summed E-state index contributed by atoms with van der Waals surface area (Å²) in [6.07, 6.45) is 0.879. The number of fused-ring (bicyclic) bond motifs is 1. The second-order valence-electron chi connectivity index (χ2n) is 4.10. The molecular weight excluding hydrogens is 235 g/mol. The molecule has 2 fully saturated rings. The summed E-state index contributed by atoms with van der Waals surface area (Å²) in [6.45, 7) is 0.541. The highest BCUT2D eigenvalue weighted by Gasteiger charge is 2.66. The number of carbonyl (C=O) groups is 1. The first-order chi connectivity index (χ1) is 7.14. The molecule has 1 unspecified atom stereocenters. The van der Waals surface area contributed by atoms with Gasteiger partial charge in [0.15, 0.2) is 0 Å². The summed E-state index contributed by atoms with van der Waals surface area (Å²) in [7, 11) is 0. The van der Waals surface area contributed by atoms with Crippen molar-refractivity contribution in [2.45, 2.75) is 11.8 Å². The van der Waals surface area contributed by atoms with E-state index in [9.17, 15) is 4.79 Å². The van der Waals surface area contributed by atoms with E-state index in [4.69, 9.17) is 27.9 Å². The summed E-state index contributed by atoms with van der Waals surface area (Å²) >= 11 is 11.8. The van der Waals surface area contributed by atoms with Crippen LogP contribution < -0.4 is 0 Å². The second-order valence-corrected chi connectivity index (χ2v) is 4.91. The fourth-order valence-corrected chi connectivity index (χ4v) is 2.63. The third-order valence-electron chi connectivity index (χ3n) is 3.32. The molecule has 0 aromatic heterocycles. The largest absolute Gasteiger partial charge is 0.465 e. The number of esters is 1. The zero-order chi connectivity index (χ0) is 10.6. The number of benzene rings is 1. The molecule has 0 N–H and O–H groups in total. The van der Waals surface area contributed by atoms with Gasteiger partial charge in [-0.1, -0.05) is 29.3 Å². The van der Waals surface area contributed by atoms with Crippen molar-refractivity contribution in [1.82, 2.24) is 0 Å². The molecule has 1 heterocycles. The smallest absolute Gasteiger partial charge is 0.317 e. The van der Waals surface area contributed by atoms with E-state index < -0.39 is 5.41 Å². The minimum atomic E-state index is -0.409. The fraction of sp³-hybridized carbons (Fsp3) is 0.364. The first kappa shape index (κ1) is 9.49. The van der Waals surface area contributed by atoms with Crippen molar-refractivity contribution in [3.8, 4) is 0 Å². The lowest BCUT2D eigenvalue weighted by Gasteiger charge is -2.10. The Bertz CT molecular complexity index is 458. The van der Waals surface area contributed by atoms with Crippen molar-refractivity contribution < 1.29 is 9.53 Å². The summed E-state index contributed by atoms with van der Waals surface area (Å²) in [4.78, 5) is 11.6. The number of rotatable bonds is 1. The van der Waals surface area contributed by atoms with Gasteiger partial charge in [0.2, 0.25) is 0 Å². The molecular formula is C11H8Cl2O2. The quantitative estimate of drug-likeness (QED) is 0.709. The van der Waals surface area contributed by atoms with Crippen molar-refractivity contribution in [2.24, 2.45) is 5.92 Å². The van der Waals surface area contributed by atoms with Gasteiger partial charge in [0, 0.05) is 5.92 Å². The van der Waals surface area contributed by atoms with E-state index in [1.165, 1.54) is 0 Å². The molecule has 1 aromatic rings. The summed E-state index contributed by atoms with van der Waals surface area (Å²) < 4.78 is 5.03. The molecule has 4 heteroatoms. The van der Waals surface area contributed by atoms with E-state index >= 15 is 0 Å². The van der Waals surface area contributed by atoms with E-state index in [0.29, 0.717) is 22.6 Å². The van der Waals surface area contributed by atoms with E-state index in [1.54, 1.807) is 12.1 Å². The average Bonchev–Trinajstić information content (AvgIpc) is 2.87. The Morgan fingerprint density at radius 3 is 2.67 bits per heavy atom.